The number of allylic oxidation sites excluding steroid dienone is 18. The van der Waals surface area contributed by atoms with Crippen LogP contribution in [0.2, 0.25) is 0 Å². The Bertz CT molecular complexity index is 1420. The first-order chi connectivity index (χ1) is 34.0. The van der Waals surface area contributed by atoms with Crippen LogP contribution in [-0.2, 0) is 28.6 Å². The fourth-order valence-corrected chi connectivity index (χ4v) is 7.47. The van der Waals surface area contributed by atoms with Gasteiger partial charge in [-0.15, -0.1) is 0 Å². The summed E-state index contributed by atoms with van der Waals surface area (Å²) in [5.74, 6) is -0.960. The van der Waals surface area contributed by atoms with Gasteiger partial charge in [0.1, 0.15) is 13.2 Å². The maximum Gasteiger partial charge on any atom is 0.306 e. The van der Waals surface area contributed by atoms with Crippen molar-refractivity contribution in [1.82, 2.24) is 0 Å². The molecule has 1 atom stereocenters. The first-order valence-electron chi connectivity index (χ1n) is 28.4. The summed E-state index contributed by atoms with van der Waals surface area (Å²) in [5, 5.41) is 0. The molecule has 0 saturated carbocycles. The second-order valence-electron chi connectivity index (χ2n) is 18.5. The van der Waals surface area contributed by atoms with Crippen molar-refractivity contribution in [3.63, 3.8) is 0 Å². The van der Waals surface area contributed by atoms with E-state index in [0.29, 0.717) is 19.3 Å². The van der Waals surface area contributed by atoms with Crippen molar-refractivity contribution in [3.05, 3.63) is 109 Å². The number of ether oxygens (including phenoxy) is 3. The Balaban J connectivity index is 4.50. The van der Waals surface area contributed by atoms with Crippen LogP contribution in [0.15, 0.2) is 109 Å². The molecular weight excluding hydrogens is 853 g/mol. The van der Waals surface area contributed by atoms with Crippen molar-refractivity contribution in [3.8, 4) is 0 Å². The van der Waals surface area contributed by atoms with E-state index in [4.69, 9.17) is 14.2 Å². The molecule has 0 heterocycles. The van der Waals surface area contributed by atoms with Gasteiger partial charge in [0.2, 0.25) is 0 Å². The molecule has 0 unspecified atom stereocenters. The highest BCUT2D eigenvalue weighted by Gasteiger charge is 2.19. The van der Waals surface area contributed by atoms with Crippen LogP contribution >= 0.6 is 0 Å². The molecule has 6 nitrogen and oxygen atoms in total. The predicted molar refractivity (Wildman–Crippen MR) is 297 cm³/mol. The summed E-state index contributed by atoms with van der Waals surface area (Å²) in [7, 11) is 0. The fraction of sp³-hybridized carbons (Fsp3) is 0.667. The molecule has 0 spiro atoms. The second-order valence-corrected chi connectivity index (χ2v) is 18.5. The number of unbranched alkanes of at least 4 members (excludes halogenated alkanes) is 21. The molecule has 0 aromatic rings. The van der Waals surface area contributed by atoms with E-state index in [1.54, 1.807) is 0 Å². The summed E-state index contributed by atoms with van der Waals surface area (Å²) >= 11 is 0. The molecule has 69 heavy (non-hydrogen) atoms. The van der Waals surface area contributed by atoms with Gasteiger partial charge in [-0.05, 0) is 128 Å². The smallest absolute Gasteiger partial charge is 0.306 e. The van der Waals surface area contributed by atoms with E-state index in [1.807, 2.05) is 0 Å². The Labute approximate surface area is 425 Å². The summed E-state index contributed by atoms with van der Waals surface area (Å²) in [6.45, 7) is 6.43. The SMILES string of the molecule is CC/C=C\C/C=C\C/C=C\C/C=C\C/C=C\CCCCCC(=O)OC[C@H](COC(=O)CCCCCC/C=C\C/C=C\C/C=C\CCCCC)OC(=O)CCCCCCCCC/C=C\CCCCCC. The van der Waals surface area contributed by atoms with Crippen LogP contribution in [0.4, 0.5) is 0 Å². The van der Waals surface area contributed by atoms with Crippen molar-refractivity contribution >= 4 is 17.9 Å². The Morgan fingerprint density at radius 3 is 0.942 bits per heavy atom. The summed E-state index contributed by atoms with van der Waals surface area (Å²) < 4.78 is 16.8. The number of rotatable bonds is 50. The van der Waals surface area contributed by atoms with Crippen LogP contribution in [0.5, 0.6) is 0 Å². The average molecular weight is 958 g/mol. The average Bonchev–Trinajstić information content (AvgIpc) is 3.35. The molecule has 0 rings (SSSR count). The topological polar surface area (TPSA) is 78.9 Å². The summed E-state index contributed by atoms with van der Waals surface area (Å²) in [5.41, 5.74) is 0. The largest absolute Gasteiger partial charge is 0.462 e. The van der Waals surface area contributed by atoms with Gasteiger partial charge in [0.15, 0.2) is 6.10 Å². The van der Waals surface area contributed by atoms with Gasteiger partial charge in [0.05, 0.1) is 0 Å². The van der Waals surface area contributed by atoms with E-state index in [-0.39, 0.29) is 31.1 Å². The summed E-state index contributed by atoms with van der Waals surface area (Å²) in [6, 6.07) is 0. The molecule has 0 saturated heterocycles. The van der Waals surface area contributed by atoms with Gasteiger partial charge in [-0.3, -0.25) is 14.4 Å². The van der Waals surface area contributed by atoms with Gasteiger partial charge in [0, 0.05) is 19.3 Å². The zero-order valence-corrected chi connectivity index (χ0v) is 44.8. The molecule has 0 N–H and O–H groups in total. The zero-order chi connectivity index (χ0) is 50.0. The molecule has 0 fully saturated rings. The number of hydrogen-bond donors (Lipinski definition) is 0. The first kappa shape index (κ1) is 65.1. The Kier molecular flexibility index (Phi) is 53.4. The van der Waals surface area contributed by atoms with Gasteiger partial charge >= 0.3 is 17.9 Å². The molecule has 0 aliphatic carbocycles. The highest BCUT2D eigenvalue weighted by atomic mass is 16.6. The van der Waals surface area contributed by atoms with Crippen molar-refractivity contribution in [1.29, 1.82) is 0 Å². The van der Waals surface area contributed by atoms with E-state index in [9.17, 15) is 14.4 Å². The van der Waals surface area contributed by atoms with Crippen LogP contribution in [0.25, 0.3) is 0 Å². The molecule has 0 aliphatic rings. The normalized spacial score (nSPS) is 12.9. The van der Waals surface area contributed by atoms with E-state index in [0.717, 1.165) is 122 Å². The third-order valence-electron chi connectivity index (χ3n) is 11.7. The summed E-state index contributed by atoms with van der Waals surface area (Å²) in [6.07, 6.45) is 76.4. The third kappa shape index (κ3) is 54.9. The van der Waals surface area contributed by atoms with Gasteiger partial charge in [-0.1, -0.05) is 214 Å². The fourth-order valence-electron chi connectivity index (χ4n) is 7.47. The molecular formula is C63H104O6. The Hall–Kier alpha value is -3.93. The van der Waals surface area contributed by atoms with Gasteiger partial charge < -0.3 is 14.2 Å². The lowest BCUT2D eigenvalue weighted by Gasteiger charge is -2.18. The molecule has 6 heteroatoms. The lowest BCUT2D eigenvalue weighted by molar-refractivity contribution is -0.167. The lowest BCUT2D eigenvalue weighted by Crippen LogP contribution is -2.30. The number of hydrogen-bond acceptors (Lipinski definition) is 6. The van der Waals surface area contributed by atoms with Crippen LogP contribution in [-0.4, -0.2) is 37.2 Å². The van der Waals surface area contributed by atoms with Crippen molar-refractivity contribution in [2.45, 2.75) is 258 Å². The zero-order valence-electron chi connectivity index (χ0n) is 44.8. The monoisotopic (exact) mass is 957 g/mol. The molecule has 392 valence electrons. The Morgan fingerprint density at radius 1 is 0.304 bits per heavy atom. The second kappa shape index (κ2) is 56.7. The van der Waals surface area contributed by atoms with Gasteiger partial charge in [-0.2, -0.15) is 0 Å². The molecule has 0 aliphatic heterocycles. The van der Waals surface area contributed by atoms with Crippen molar-refractivity contribution in [2.75, 3.05) is 13.2 Å². The highest BCUT2D eigenvalue weighted by molar-refractivity contribution is 5.71. The van der Waals surface area contributed by atoms with Gasteiger partial charge in [-0.25, -0.2) is 0 Å². The molecule has 0 bridgehead atoms. The maximum absolute atomic E-state index is 12.8. The first-order valence-corrected chi connectivity index (χ1v) is 28.4. The Morgan fingerprint density at radius 2 is 0.565 bits per heavy atom. The third-order valence-corrected chi connectivity index (χ3v) is 11.7. The molecule has 0 radical (unpaired) electrons. The molecule has 0 aromatic heterocycles. The number of carbonyl (C=O) groups is 3. The van der Waals surface area contributed by atoms with Gasteiger partial charge in [0.25, 0.3) is 0 Å². The molecule has 0 aromatic carbocycles. The maximum atomic E-state index is 12.8. The van der Waals surface area contributed by atoms with Crippen LogP contribution in [0, 0.1) is 0 Å². The minimum absolute atomic E-state index is 0.104. The predicted octanol–water partition coefficient (Wildman–Crippen LogP) is 19.1. The minimum atomic E-state index is -0.806. The lowest BCUT2D eigenvalue weighted by atomic mass is 10.1. The van der Waals surface area contributed by atoms with Crippen LogP contribution in [0.3, 0.4) is 0 Å². The minimum Gasteiger partial charge on any atom is -0.462 e. The van der Waals surface area contributed by atoms with Crippen molar-refractivity contribution in [2.24, 2.45) is 0 Å². The van der Waals surface area contributed by atoms with Crippen LogP contribution in [0.1, 0.15) is 252 Å². The quantitative estimate of drug-likeness (QED) is 0.0262. The highest BCUT2D eigenvalue weighted by Crippen LogP contribution is 2.14. The number of esters is 3. The summed E-state index contributed by atoms with van der Waals surface area (Å²) in [4.78, 5) is 38.1. The van der Waals surface area contributed by atoms with Crippen molar-refractivity contribution < 1.29 is 28.6 Å². The van der Waals surface area contributed by atoms with Crippen LogP contribution < -0.4 is 0 Å². The van der Waals surface area contributed by atoms with E-state index in [1.165, 1.54) is 89.9 Å². The van der Waals surface area contributed by atoms with E-state index < -0.39 is 6.10 Å². The number of carbonyl (C=O) groups excluding carboxylic acids is 3. The van der Waals surface area contributed by atoms with E-state index >= 15 is 0 Å². The van der Waals surface area contributed by atoms with E-state index in [2.05, 4.69) is 130 Å². The molecule has 0 amide bonds. The standard InChI is InChI=1S/C63H104O6/c1-4-7-10-13-16-19-22-25-28-30-31-33-36-38-41-44-47-50-53-56-62(65)68-59-60(69-63(66)57-54-51-48-45-42-39-34-27-24-21-18-15-12-9-6-3)58-67-61(64)55-52-49-46-43-40-37-35-32-29-26-23-20-17-14-11-8-5-2/h7,10,16-17,19-21,24-26,28-29,31,33,35,37-38,41,60H,4-6,8-9,11-15,18,22-23,27,30,32,34,36,39-40,42-59H2,1-3H3/b10-7-,19-16-,20-17-,24-21-,28-25-,29-26-,33-31-,37-35-,41-38-/t60-/m0/s1.